The molecule has 1 N–H and O–H groups in total. The number of benzene rings is 3. The van der Waals surface area contributed by atoms with Gasteiger partial charge in [-0.1, -0.05) is 54.6 Å². The van der Waals surface area contributed by atoms with Gasteiger partial charge in [0.15, 0.2) is 18.5 Å². The van der Waals surface area contributed by atoms with E-state index in [1.165, 1.54) is 14.0 Å². The largest absolute Gasteiger partial charge is 0.459 e. The second kappa shape index (κ2) is 13.5. The number of carbonyl (C=O) groups excluding carboxylic acids is 4. The van der Waals surface area contributed by atoms with Crippen LogP contribution in [0.25, 0.3) is 0 Å². The molecule has 0 saturated carbocycles. The van der Waals surface area contributed by atoms with Crippen LogP contribution in [0, 0.1) is 0 Å². The van der Waals surface area contributed by atoms with Gasteiger partial charge in [0.25, 0.3) is 0 Å². The molecule has 0 aliphatic carbocycles. The molecule has 3 aromatic rings. The van der Waals surface area contributed by atoms with Gasteiger partial charge in [-0.2, -0.15) is 0 Å². The Morgan fingerprint density at radius 2 is 1.15 bits per heavy atom. The van der Waals surface area contributed by atoms with E-state index < -0.39 is 54.5 Å². The summed E-state index contributed by atoms with van der Waals surface area (Å²) in [5.74, 6) is -2.54. The van der Waals surface area contributed by atoms with Gasteiger partial charge in [-0.05, 0) is 36.4 Å². The Balaban J connectivity index is 1.67. The monoisotopic (exact) mass is 547 g/mol. The number of esters is 3. The van der Waals surface area contributed by atoms with E-state index in [-0.39, 0.29) is 17.7 Å². The van der Waals surface area contributed by atoms with Crippen LogP contribution in [0.5, 0.6) is 0 Å². The lowest BCUT2D eigenvalue weighted by Crippen LogP contribution is -2.66. The number of ether oxygens (including phenoxy) is 5. The van der Waals surface area contributed by atoms with Crippen LogP contribution in [0.3, 0.4) is 0 Å². The van der Waals surface area contributed by atoms with Crippen molar-refractivity contribution in [3.8, 4) is 0 Å². The predicted octanol–water partition coefficient (Wildman–Crippen LogP) is 3.17. The van der Waals surface area contributed by atoms with Crippen molar-refractivity contribution in [1.29, 1.82) is 0 Å². The van der Waals surface area contributed by atoms with Crippen LogP contribution in [0.2, 0.25) is 0 Å². The fourth-order valence-electron chi connectivity index (χ4n) is 4.26. The van der Waals surface area contributed by atoms with E-state index in [2.05, 4.69) is 5.32 Å². The third-order valence-electron chi connectivity index (χ3n) is 6.14. The smallest absolute Gasteiger partial charge is 0.338 e. The quantitative estimate of drug-likeness (QED) is 0.317. The Bertz CT molecular complexity index is 1300. The maximum absolute atomic E-state index is 13.2. The molecule has 1 aliphatic rings. The summed E-state index contributed by atoms with van der Waals surface area (Å²) in [6, 6.07) is 23.7. The summed E-state index contributed by atoms with van der Waals surface area (Å²) in [7, 11) is 1.35. The zero-order valence-corrected chi connectivity index (χ0v) is 21.9. The van der Waals surface area contributed by atoms with Crippen LogP contribution in [-0.2, 0) is 28.5 Å². The topological polar surface area (TPSA) is 126 Å². The number of carbonyl (C=O) groups is 4. The second-order valence-corrected chi connectivity index (χ2v) is 8.94. The summed E-state index contributed by atoms with van der Waals surface area (Å²) in [6.07, 6.45) is -4.83. The molecule has 10 nitrogen and oxygen atoms in total. The molecule has 3 aromatic carbocycles. The van der Waals surface area contributed by atoms with E-state index in [1.54, 1.807) is 91.0 Å². The summed E-state index contributed by atoms with van der Waals surface area (Å²) in [5, 5.41) is 2.68. The van der Waals surface area contributed by atoms with Gasteiger partial charge in [-0.25, -0.2) is 14.4 Å². The first-order valence-corrected chi connectivity index (χ1v) is 12.6. The minimum absolute atomic E-state index is 0.237. The summed E-state index contributed by atoms with van der Waals surface area (Å²) >= 11 is 0. The Labute approximate surface area is 231 Å². The first-order valence-electron chi connectivity index (χ1n) is 12.6. The lowest BCUT2D eigenvalue weighted by Gasteiger charge is -2.44. The van der Waals surface area contributed by atoms with Crippen LogP contribution >= 0.6 is 0 Å². The first kappa shape index (κ1) is 28.5. The number of methoxy groups -OCH3 is 1. The lowest BCUT2D eigenvalue weighted by atomic mass is 9.95. The van der Waals surface area contributed by atoms with Crippen molar-refractivity contribution in [2.75, 3.05) is 13.7 Å². The van der Waals surface area contributed by atoms with Crippen LogP contribution in [0.4, 0.5) is 0 Å². The molecule has 5 atom stereocenters. The third-order valence-corrected chi connectivity index (χ3v) is 6.14. The van der Waals surface area contributed by atoms with Gasteiger partial charge < -0.3 is 29.0 Å². The molecule has 1 aliphatic heterocycles. The fourth-order valence-corrected chi connectivity index (χ4v) is 4.26. The van der Waals surface area contributed by atoms with Crippen molar-refractivity contribution in [2.45, 2.75) is 37.6 Å². The SMILES string of the molecule is CO[C@@H]1OC(COC(=O)c2ccccc2)[C@H](OC(=O)c2ccccc2)[C@H](OC(=O)c2ccccc2)[C@@H]1NC(C)=O. The minimum Gasteiger partial charge on any atom is -0.459 e. The predicted molar refractivity (Wildman–Crippen MR) is 141 cm³/mol. The van der Waals surface area contributed by atoms with Crippen molar-refractivity contribution in [1.82, 2.24) is 5.32 Å². The van der Waals surface area contributed by atoms with E-state index in [0.29, 0.717) is 5.56 Å². The molecule has 0 spiro atoms. The highest BCUT2D eigenvalue weighted by molar-refractivity contribution is 5.91. The van der Waals surface area contributed by atoms with E-state index >= 15 is 0 Å². The zero-order chi connectivity index (χ0) is 28.5. The molecule has 40 heavy (non-hydrogen) atoms. The van der Waals surface area contributed by atoms with Gasteiger partial charge in [0.1, 0.15) is 18.8 Å². The maximum atomic E-state index is 13.2. The van der Waals surface area contributed by atoms with E-state index in [9.17, 15) is 19.2 Å². The van der Waals surface area contributed by atoms with E-state index in [0.717, 1.165) is 0 Å². The van der Waals surface area contributed by atoms with Gasteiger partial charge in [-0.3, -0.25) is 4.79 Å². The Kier molecular flexibility index (Phi) is 9.61. The second-order valence-electron chi connectivity index (χ2n) is 8.94. The molecule has 208 valence electrons. The molecule has 1 unspecified atom stereocenters. The lowest BCUT2D eigenvalue weighted by molar-refractivity contribution is -0.261. The number of hydrogen-bond acceptors (Lipinski definition) is 9. The van der Waals surface area contributed by atoms with Gasteiger partial charge in [-0.15, -0.1) is 0 Å². The number of hydrogen-bond donors (Lipinski definition) is 1. The molecule has 0 radical (unpaired) electrons. The Morgan fingerprint density at radius 3 is 1.60 bits per heavy atom. The van der Waals surface area contributed by atoms with Crippen molar-refractivity contribution in [2.24, 2.45) is 0 Å². The van der Waals surface area contributed by atoms with Crippen molar-refractivity contribution in [3.63, 3.8) is 0 Å². The van der Waals surface area contributed by atoms with Crippen LogP contribution < -0.4 is 5.32 Å². The molecule has 0 aromatic heterocycles. The molecule has 4 rings (SSSR count). The highest BCUT2D eigenvalue weighted by Gasteiger charge is 2.51. The molecular formula is C30H29NO9. The van der Waals surface area contributed by atoms with Gasteiger partial charge in [0, 0.05) is 14.0 Å². The molecule has 1 fully saturated rings. The molecule has 1 saturated heterocycles. The fraction of sp³-hybridized carbons (Fsp3) is 0.267. The van der Waals surface area contributed by atoms with Crippen LogP contribution in [0.15, 0.2) is 91.0 Å². The van der Waals surface area contributed by atoms with Gasteiger partial charge in [0.2, 0.25) is 5.91 Å². The zero-order valence-electron chi connectivity index (χ0n) is 21.9. The summed E-state index contributed by atoms with van der Waals surface area (Å²) < 4.78 is 28.7. The highest BCUT2D eigenvalue weighted by Crippen LogP contribution is 2.29. The summed E-state index contributed by atoms with van der Waals surface area (Å²) in [6.45, 7) is 0.911. The standard InChI is InChI=1S/C30H29NO9/c1-19(32)31-24-26(40-29(35)22-16-10-5-11-17-22)25(39-28(34)21-14-8-4-9-15-21)23(38-30(24)36-2)18-37-27(33)20-12-6-3-7-13-20/h3-17,23-26,30H,18H2,1-2H3,(H,31,32)/t23?,24-,25-,26+,30+/m0/s1. The molecule has 0 bridgehead atoms. The van der Waals surface area contributed by atoms with Crippen LogP contribution in [0.1, 0.15) is 38.0 Å². The van der Waals surface area contributed by atoms with Crippen molar-refractivity contribution in [3.05, 3.63) is 108 Å². The Hall–Kier alpha value is -4.54. The Morgan fingerprint density at radius 1 is 0.700 bits per heavy atom. The molecular weight excluding hydrogens is 518 g/mol. The minimum atomic E-state index is -1.30. The van der Waals surface area contributed by atoms with Gasteiger partial charge >= 0.3 is 17.9 Å². The van der Waals surface area contributed by atoms with Crippen molar-refractivity contribution >= 4 is 23.8 Å². The van der Waals surface area contributed by atoms with Crippen LogP contribution in [-0.4, -0.2) is 68.2 Å². The summed E-state index contributed by atoms with van der Waals surface area (Å²) in [4.78, 5) is 51.1. The number of amides is 1. The van der Waals surface area contributed by atoms with E-state index in [4.69, 9.17) is 23.7 Å². The van der Waals surface area contributed by atoms with Crippen molar-refractivity contribution < 1.29 is 42.9 Å². The molecule has 1 heterocycles. The van der Waals surface area contributed by atoms with Gasteiger partial charge in [0.05, 0.1) is 16.7 Å². The molecule has 10 heteroatoms. The number of nitrogens with one attached hydrogen (secondary N) is 1. The van der Waals surface area contributed by atoms with E-state index in [1.807, 2.05) is 0 Å². The normalized spacial score (nSPS) is 22.0. The maximum Gasteiger partial charge on any atom is 0.338 e. The molecule has 1 amide bonds. The number of rotatable bonds is 9. The summed E-state index contributed by atoms with van der Waals surface area (Å²) in [5.41, 5.74) is 0.785. The first-order chi connectivity index (χ1) is 19.4. The highest BCUT2D eigenvalue weighted by atomic mass is 16.7. The average Bonchev–Trinajstić information content (AvgIpc) is 2.99. The third kappa shape index (κ3) is 7.10. The average molecular weight is 548 g/mol.